The normalized spacial score (nSPS) is 10.2. The minimum absolute atomic E-state index is 0.996. The smallest absolute Gasteiger partial charge is 0.0205 e. The van der Waals surface area contributed by atoms with Gasteiger partial charge in [0, 0.05) is 6.54 Å². The summed E-state index contributed by atoms with van der Waals surface area (Å²) in [6.45, 7) is 6.41. The van der Waals surface area contributed by atoms with E-state index in [-0.39, 0.29) is 0 Å². The lowest BCUT2D eigenvalue weighted by Gasteiger charge is -2.03. The predicted molar refractivity (Wildman–Crippen MR) is 53.2 cm³/mol. The molecule has 0 saturated heterocycles. The van der Waals surface area contributed by atoms with Crippen LogP contribution in [0.25, 0.3) is 0 Å². The fraction of sp³-hybridized carbons (Fsp3) is 0.455. The van der Waals surface area contributed by atoms with Gasteiger partial charge in [-0.05, 0) is 25.5 Å². The highest BCUT2D eigenvalue weighted by Crippen LogP contribution is 2.02. The molecule has 0 unspecified atom stereocenters. The van der Waals surface area contributed by atoms with Gasteiger partial charge in [-0.25, -0.2) is 0 Å². The molecule has 1 rings (SSSR count). The van der Waals surface area contributed by atoms with E-state index in [9.17, 15) is 0 Å². The molecule has 1 N–H and O–H groups in total. The van der Waals surface area contributed by atoms with Gasteiger partial charge in [-0.1, -0.05) is 36.8 Å². The van der Waals surface area contributed by atoms with Crippen molar-refractivity contribution in [3.8, 4) is 0 Å². The van der Waals surface area contributed by atoms with Crippen LogP contribution in [0.2, 0.25) is 0 Å². The van der Waals surface area contributed by atoms with E-state index in [0.717, 1.165) is 13.1 Å². The van der Waals surface area contributed by atoms with Crippen LogP contribution in [-0.4, -0.2) is 6.54 Å². The average Bonchev–Trinajstić information content (AvgIpc) is 2.05. The summed E-state index contributed by atoms with van der Waals surface area (Å²) in [5.41, 5.74) is 2.72. The van der Waals surface area contributed by atoms with Crippen molar-refractivity contribution in [2.45, 2.75) is 26.8 Å². The second kappa shape index (κ2) is 4.94. The Bertz CT molecular complexity index is 230. The number of benzene rings is 1. The Morgan fingerprint density at radius 2 is 2.17 bits per heavy atom. The Labute approximate surface area is 74.8 Å². The summed E-state index contributed by atoms with van der Waals surface area (Å²) in [5, 5.41) is 3.38. The highest BCUT2D eigenvalue weighted by Gasteiger charge is 1.90. The Morgan fingerprint density at radius 1 is 1.33 bits per heavy atom. The fourth-order valence-corrected chi connectivity index (χ4v) is 1.23. The molecule has 1 nitrogen and oxygen atoms in total. The molecule has 1 heteroatoms. The maximum Gasteiger partial charge on any atom is 0.0205 e. The van der Waals surface area contributed by atoms with E-state index in [4.69, 9.17) is 0 Å². The summed E-state index contributed by atoms with van der Waals surface area (Å²) >= 11 is 0. The summed E-state index contributed by atoms with van der Waals surface area (Å²) < 4.78 is 0. The minimum Gasteiger partial charge on any atom is -0.313 e. The van der Waals surface area contributed by atoms with Gasteiger partial charge in [-0.3, -0.25) is 0 Å². The van der Waals surface area contributed by atoms with E-state index in [0.29, 0.717) is 0 Å². The van der Waals surface area contributed by atoms with Gasteiger partial charge < -0.3 is 5.32 Å². The molecule has 0 spiro atoms. The first kappa shape index (κ1) is 9.27. The van der Waals surface area contributed by atoms with Crippen molar-refractivity contribution in [1.29, 1.82) is 0 Å². The topological polar surface area (TPSA) is 12.0 Å². The van der Waals surface area contributed by atoms with Crippen LogP contribution in [0.15, 0.2) is 24.3 Å². The van der Waals surface area contributed by atoms with Gasteiger partial charge in [-0.15, -0.1) is 0 Å². The van der Waals surface area contributed by atoms with Crippen LogP contribution in [0.5, 0.6) is 0 Å². The van der Waals surface area contributed by atoms with Crippen LogP contribution in [0.3, 0.4) is 0 Å². The zero-order valence-electron chi connectivity index (χ0n) is 7.93. The van der Waals surface area contributed by atoms with Crippen molar-refractivity contribution in [3.63, 3.8) is 0 Å². The Balaban J connectivity index is 2.41. The number of hydrogen-bond donors (Lipinski definition) is 1. The third-order valence-electron chi connectivity index (χ3n) is 1.84. The number of nitrogens with one attached hydrogen (secondary N) is 1. The zero-order valence-corrected chi connectivity index (χ0v) is 7.93. The average molecular weight is 163 g/mol. The molecule has 0 radical (unpaired) electrons. The molecule has 1 aromatic rings. The molecule has 0 bridgehead atoms. The van der Waals surface area contributed by atoms with Gasteiger partial charge >= 0.3 is 0 Å². The van der Waals surface area contributed by atoms with Gasteiger partial charge in [-0.2, -0.15) is 0 Å². The van der Waals surface area contributed by atoms with Gasteiger partial charge in [0.25, 0.3) is 0 Å². The SMILES string of the molecule is CCCNCc1cccc(C)c1. The first-order chi connectivity index (χ1) is 5.83. The highest BCUT2D eigenvalue weighted by atomic mass is 14.8. The molecular weight excluding hydrogens is 146 g/mol. The molecule has 1 aromatic carbocycles. The molecule has 66 valence electrons. The van der Waals surface area contributed by atoms with E-state index in [1.807, 2.05) is 0 Å². The number of aryl methyl sites for hydroxylation is 1. The monoisotopic (exact) mass is 163 g/mol. The Hall–Kier alpha value is -0.820. The maximum atomic E-state index is 3.38. The lowest BCUT2D eigenvalue weighted by molar-refractivity contribution is 0.675. The van der Waals surface area contributed by atoms with Crippen LogP contribution in [0.1, 0.15) is 24.5 Å². The molecule has 0 heterocycles. The van der Waals surface area contributed by atoms with Crippen molar-refractivity contribution in [2.24, 2.45) is 0 Å². The van der Waals surface area contributed by atoms with E-state index in [1.165, 1.54) is 17.5 Å². The van der Waals surface area contributed by atoms with Gasteiger partial charge in [0.15, 0.2) is 0 Å². The van der Waals surface area contributed by atoms with E-state index in [2.05, 4.69) is 43.4 Å². The summed E-state index contributed by atoms with van der Waals surface area (Å²) in [6, 6.07) is 8.62. The molecule has 0 aliphatic carbocycles. The quantitative estimate of drug-likeness (QED) is 0.672. The van der Waals surface area contributed by atoms with Crippen molar-refractivity contribution >= 4 is 0 Å². The highest BCUT2D eigenvalue weighted by molar-refractivity contribution is 5.21. The van der Waals surface area contributed by atoms with E-state index < -0.39 is 0 Å². The molecule has 0 saturated carbocycles. The molecule has 0 fully saturated rings. The molecule has 0 atom stereocenters. The molecular formula is C11H17N. The Morgan fingerprint density at radius 3 is 2.83 bits per heavy atom. The summed E-state index contributed by atoms with van der Waals surface area (Å²) in [7, 11) is 0. The second-order valence-electron chi connectivity index (χ2n) is 3.17. The van der Waals surface area contributed by atoms with Crippen LogP contribution in [0, 0.1) is 6.92 Å². The fourth-order valence-electron chi connectivity index (χ4n) is 1.23. The zero-order chi connectivity index (χ0) is 8.81. The standard InChI is InChI=1S/C11H17N/c1-3-7-12-9-11-6-4-5-10(2)8-11/h4-6,8,12H,3,7,9H2,1-2H3. The largest absolute Gasteiger partial charge is 0.313 e. The maximum absolute atomic E-state index is 3.38. The van der Waals surface area contributed by atoms with E-state index >= 15 is 0 Å². The summed E-state index contributed by atoms with van der Waals surface area (Å²) in [6.07, 6.45) is 1.20. The molecule has 0 aliphatic rings. The first-order valence-electron chi connectivity index (χ1n) is 4.59. The van der Waals surface area contributed by atoms with Crippen LogP contribution < -0.4 is 5.32 Å². The predicted octanol–water partition coefficient (Wildman–Crippen LogP) is 2.49. The van der Waals surface area contributed by atoms with Gasteiger partial charge in [0.2, 0.25) is 0 Å². The van der Waals surface area contributed by atoms with Crippen LogP contribution in [-0.2, 0) is 6.54 Å². The number of hydrogen-bond acceptors (Lipinski definition) is 1. The van der Waals surface area contributed by atoms with Gasteiger partial charge in [0.1, 0.15) is 0 Å². The van der Waals surface area contributed by atoms with Crippen molar-refractivity contribution < 1.29 is 0 Å². The molecule has 0 aromatic heterocycles. The van der Waals surface area contributed by atoms with E-state index in [1.54, 1.807) is 0 Å². The van der Waals surface area contributed by atoms with Crippen LogP contribution >= 0.6 is 0 Å². The summed E-state index contributed by atoms with van der Waals surface area (Å²) in [5.74, 6) is 0. The van der Waals surface area contributed by atoms with Crippen molar-refractivity contribution in [2.75, 3.05) is 6.54 Å². The van der Waals surface area contributed by atoms with Crippen molar-refractivity contribution in [1.82, 2.24) is 5.32 Å². The van der Waals surface area contributed by atoms with Crippen LogP contribution in [0.4, 0.5) is 0 Å². The summed E-state index contributed by atoms with van der Waals surface area (Å²) in [4.78, 5) is 0. The first-order valence-corrected chi connectivity index (χ1v) is 4.59. The Kier molecular flexibility index (Phi) is 3.81. The van der Waals surface area contributed by atoms with Crippen molar-refractivity contribution in [3.05, 3.63) is 35.4 Å². The number of rotatable bonds is 4. The molecule has 0 amide bonds. The molecule has 12 heavy (non-hydrogen) atoms. The van der Waals surface area contributed by atoms with Gasteiger partial charge in [0.05, 0.1) is 0 Å². The molecule has 0 aliphatic heterocycles. The third kappa shape index (κ3) is 3.05. The lowest BCUT2D eigenvalue weighted by Crippen LogP contribution is -2.13. The third-order valence-corrected chi connectivity index (χ3v) is 1.84. The second-order valence-corrected chi connectivity index (χ2v) is 3.17. The minimum atomic E-state index is 0.996. The lowest BCUT2D eigenvalue weighted by atomic mass is 10.1.